The maximum Gasteiger partial charge on any atom is 0.410 e. The Morgan fingerprint density at radius 3 is 2.47 bits per heavy atom. The summed E-state index contributed by atoms with van der Waals surface area (Å²) in [5.74, 6) is 0.119. The molecule has 1 aliphatic rings. The highest BCUT2D eigenvalue weighted by Gasteiger charge is 2.28. The summed E-state index contributed by atoms with van der Waals surface area (Å²) < 4.78 is 10.6. The molecule has 38 heavy (non-hydrogen) atoms. The first kappa shape index (κ1) is 29.2. The van der Waals surface area contributed by atoms with Crippen LogP contribution in [0.4, 0.5) is 10.5 Å². The van der Waals surface area contributed by atoms with Crippen molar-refractivity contribution in [3.05, 3.63) is 65.0 Å². The molecule has 204 valence electrons. The molecule has 1 aliphatic heterocycles. The molecule has 2 aromatic rings. The van der Waals surface area contributed by atoms with Gasteiger partial charge in [0.2, 0.25) is 0 Å². The van der Waals surface area contributed by atoms with E-state index in [-0.39, 0.29) is 12.1 Å². The van der Waals surface area contributed by atoms with Gasteiger partial charge in [-0.05, 0) is 93.5 Å². The van der Waals surface area contributed by atoms with Gasteiger partial charge >= 0.3 is 12.1 Å². The first-order valence-corrected chi connectivity index (χ1v) is 13.5. The second-order valence-electron chi connectivity index (χ2n) is 11.1. The normalized spacial score (nSPS) is 14.3. The maximum atomic E-state index is 12.5. The highest BCUT2D eigenvalue weighted by atomic mass is 16.6. The standard InChI is InChI=1S/C31H41N3O4/c1-7-8-14-33(21-23-12-15-34(16-13-23)30(36)38-31(2,3)4)22-24-17-26(19-27(18-24)29(35)37-6)25-10-9-11-28(20-25)32-5/h9-11,17-20,23H,7-8,12-16,21-22H2,1-4,6H3. The number of piperidine rings is 1. The third kappa shape index (κ3) is 8.59. The lowest BCUT2D eigenvalue weighted by atomic mass is 9.95. The fourth-order valence-electron chi connectivity index (χ4n) is 4.81. The van der Waals surface area contributed by atoms with E-state index < -0.39 is 5.60 Å². The summed E-state index contributed by atoms with van der Waals surface area (Å²) >= 11 is 0. The number of nitrogens with zero attached hydrogens (tertiary/aromatic N) is 3. The minimum atomic E-state index is -0.486. The van der Waals surface area contributed by atoms with Crippen molar-refractivity contribution in [2.24, 2.45) is 5.92 Å². The topological polar surface area (TPSA) is 63.4 Å². The molecular weight excluding hydrogens is 478 g/mol. The molecule has 0 aromatic heterocycles. The highest BCUT2D eigenvalue weighted by Crippen LogP contribution is 2.28. The van der Waals surface area contributed by atoms with Gasteiger partial charge in [-0.1, -0.05) is 31.5 Å². The molecule has 0 radical (unpaired) electrons. The summed E-state index contributed by atoms with van der Waals surface area (Å²) in [7, 11) is 1.39. The minimum absolute atomic E-state index is 0.228. The Morgan fingerprint density at radius 1 is 1.11 bits per heavy atom. The van der Waals surface area contributed by atoms with Crippen LogP contribution in [0, 0.1) is 12.5 Å². The SMILES string of the molecule is [C-]#[N+]c1cccc(-c2cc(CN(CCCC)CC3CCN(C(=O)OC(C)(C)C)CC3)cc(C(=O)OC)c2)c1. The van der Waals surface area contributed by atoms with E-state index in [1.165, 1.54) is 7.11 Å². The highest BCUT2D eigenvalue weighted by molar-refractivity contribution is 5.91. The molecule has 0 bridgehead atoms. The van der Waals surface area contributed by atoms with Crippen LogP contribution in [0.15, 0.2) is 42.5 Å². The summed E-state index contributed by atoms with van der Waals surface area (Å²) in [4.78, 5) is 32.8. The number of likely N-dealkylation sites (tertiary alicyclic amines) is 1. The third-order valence-electron chi connectivity index (χ3n) is 6.74. The van der Waals surface area contributed by atoms with Crippen LogP contribution in [0.25, 0.3) is 16.0 Å². The van der Waals surface area contributed by atoms with Crippen LogP contribution in [0.1, 0.15) is 69.3 Å². The van der Waals surface area contributed by atoms with Crippen molar-refractivity contribution in [2.45, 2.75) is 65.5 Å². The average molecular weight is 520 g/mol. The van der Waals surface area contributed by atoms with Gasteiger partial charge in [-0.2, -0.15) is 0 Å². The summed E-state index contributed by atoms with van der Waals surface area (Å²) in [5.41, 5.74) is 3.43. The Bertz CT molecular complexity index is 1140. The van der Waals surface area contributed by atoms with Crippen LogP contribution in [0.2, 0.25) is 0 Å². The van der Waals surface area contributed by atoms with Crippen LogP contribution < -0.4 is 0 Å². The molecule has 7 heteroatoms. The molecule has 1 saturated heterocycles. The zero-order valence-corrected chi connectivity index (χ0v) is 23.5. The number of ether oxygens (including phenoxy) is 2. The average Bonchev–Trinajstić information content (AvgIpc) is 2.90. The Labute approximate surface area is 227 Å². The van der Waals surface area contributed by atoms with Crippen LogP contribution in [-0.4, -0.2) is 60.8 Å². The van der Waals surface area contributed by atoms with Crippen LogP contribution in [-0.2, 0) is 16.0 Å². The number of rotatable bonds is 9. The zero-order chi connectivity index (χ0) is 27.7. The van der Waals surface area contributed by atoms with E-state index in [0.717, 1.165) is 55.5 Å². The van der Waals surface area contributed by atoms with Gasteiger partial charge in [-0.15, -0.1) is 0 Å². The number of amides is 1. The molecule has 2 aromatic carbocycles. The lowest BCUT2D eigenvalue weighted by molar-refractivity contribution is 0.0168. The lowest BCUT2D eigenvalue weighted by Crippen LogP contribution is -2.43. The van der Waals surface area contributed by atoms with Gasteiger partial charge in [-0.25, -0.2) is 14.4 Å². The molecule has 1 fully saturated rings. The molecular formula is C31H41N3O4. The monoisotopic (exact) mass is 519 g/mol. The minimum Gasteiger partial charge on any atom is -0.465 e. The largest absolute Gasteiger partial charge is 0.465 e. The Morgan fingerprint density at radius 2 is 1.84 bits per heavy atom. The van der Waals surface area contributed by atoms with Crippen molar-refractivity contribution >= 4 is 17.7 Å². The predicted molar refractivity (Wildman–Crippen MR) is 150 cm³/mol. The molecule has 0 N–H and O–H groups in total. The van der Waals surface area contributed by atoms with E-state index >= 15 is 0 Å². The van der Waals surface area contributed by atoms with Gasteiger partial charge < -0.3 is 14.4 Å². The van der Waals surface area contributed by atoms with E-state index in [0.29, 0.717) is 36.8 Å². The van der Waals surface area contributed by atoms with Crippen LogP contribution in [0.5, 0.6) is 0 Å². The first-order valence-electron chi connectivity index (χ1n) is 13.5. The van der Waals surface area contributed by atoms with E-state index in [1.807, 2.05) is 56.0 Å². The first-order chi connectivity index (χ1) is 18.1. The van der Waals surface area contributed by atoms with Crippen molar-refractivity contribution in [1.29, 1.82) is 0 Å². The van der Waals surface area contributed by atoms with Crippen molar-refractivity contribution < 1.29 is 19.1 Å². The molecule has 3 rings (SSSR count). The van der Waals surface area contributed by atoms with E-state index in [1.54, 1.807) is 6.07 Å². The maximum absolute atomic E-state index is 12.5. The summed E-state index contributed by atoms with van der Waals surface area (Å²) in [6, 6.07) is 13.3. The number of hydrogen-bond donors (Lipinski definition) is 0. The fraction of sp³-hybridized carbons (Fsp3) is 0.516. The van der Waals surface area contributed by atoms with E-state index in [4.69, 9.17) is 16.0 Å². The quantitative estimate of drug-likeness (QED) is 0.265. The number of carbonyl (C=O) groups is 2. The smallest absolute Gasteiger partial charge is 0.410 e. The zero-order valence-electron chi connectivity index (χ0n) is 23.5. The Balaban J connectivity index is 1.76. The Kier molecular flexibility index (Phi) is 10.3. The second kappa shape index (κ2) is 13.4. The Hall–Kier alpha value is -3.37. The molecule has 0 aliphatic carbocycles. The molecule has 1 heterocycles. The summed E-state index contributed by atoms with van der Waals surface area (Å²) in [5, 5.41) is 0. The van der Waals surface area contributed by atoms with Gasteiger partial charge in [-0.3, -0.25) is 4.90 Å². The fourth-order valence-corrected chi connectivity index (χ4v) is 4.81. The van der Waals surface area contributed by atoms with Gasteiger partial charge in [0.05, 0.1) is 19.2 Å². The van der Waals surface area contributed by atoms with Crippen LogP contribution in [0.3, 0.4) is 0 Å². The molecule has 0 atom stereocenters. The van der Waals surface area contributed by atoms with Gasteiger partial charge in [0, 0.05) is 26.2 Å². The van der Waals surface area contributed by atoms with Crippen molar-refractivity contribution in [3.8, 4) is 11.1 Å². The van der Waals surface area contributed by atoms with Crippen LogP contribution >= 0.6 is 0 Å². The van der Waals surface area contributed by atoms with Crippen molar-refractivity contribution in [2.75, 3.05) is 33.3 Å². The number of unbranched alkanes of at least 4 members (excludes halogenated alkanes) is 1. The second-order valence-corrected chi connectivity index (χ2v) is 11.1. The summed E-state index contributed by atoms with van der Waals surface area (Å²) in [6.07, 6.45) is 3.85. The lowest BCUT2D eigenvalue weighted by Gasteiger charge is -2.35. The molecule has 0 unspecified atom stereocenters. The van der Waals surface area contributed by atoms with Crippen molar-refractivity contribution in [1.82, 2.24) is 9.80 Å². The number of methoxy groups -OCH3 is 1. The van der Waals surface area contributed by atoms with Crippen molar-refractivity contribution in [3.63, 3.8) is 0 Å². The number of carbonyl (C=O) groups excluding carboxylic acids is 2. The summed E-state index contributed by atoms with van der Waals surface area (Å²) in [6.45, 7) is 19.3. The molecule has 0 spiro atoms. The number of esters is 1. The van der Waals surface area contributed by atoms with Gasteiger partial charge in [0.15, 0.2) is 5.69 Å². The third-order valence-corrected chi connectivity index (χ3v) is 6.74. The number of benzene rings is 2. The van der Waals surface area contributed by atoms with Gasteiger partial charge in [0.1, 0.15) is 5.60 Å². The predicted octanol–water partition coefficient (Wildman–Crippen LogP) is 6.94. The van der Waals surface area contributed by atoms with Gasteiger partial charge in [0.25, 0.3) is 0 Å². The molecule has 0 saturated carbocycles. The molecule has 1 amide bonds. The van der Waals surface area contributed by atoms with E-state index in [9.17, 15) is 9.59 Å². The number of hydrogen-bond acceptors (Lipinski definition) is 5. The molecule has 7 nitrogen and oxygen atoms in total. The van der Waals surface area contributed by atoms with E-state index in [2.05, 4.69) is 22.7 Å².